The molecule has 1 aromatic carbocycles. The van der Waals surface area contributed by atoms with Crippen LogP contribution in [0.15, 0.2) is 18.2 Å². The summed E-state index contributed by atoms with van der Waals surface area (Å²) in [6, 6.07) is 4.89. The Morgan fingerprint density at radius 1 is 1.35 bits per heavy atom. The van der Waals surface area contributed by atoms with Gasteiger partial charge in [-0.3, -0.25) is 4.84 Å². The fourth-order valence-corrected chi connectivity index (χ4v) is 1.37. The van der Waals surface area contributed by atoms with Gasteiger partial charge in [0.2, 0.25) is 0 Å². The third-order valence-corrected chi connectivity index (χ3v) is 2.13. The summed E-state index contributed by atoms with van der Waals surface area (Å²) in [5, 5.41) is 0.391. The zero-order valence-corrected chi connectivity index (χ0v) is 9.73. The Morgan fingerprint density at radius 2 is 2.06 bits per heavy atom. The number of ether oxygens (including phenoxy) is 1. The highest BCUT2D eigenvalue weighted by Crippen LogP contribution is 2.24. The van der Waals surface area contributed by atoms with Crippen LogP contribution in [0.2, 0.25) is 5.02 Å². The van der Waals surface area contributed by atoms with Crippen molar-refractivity contribution in [3.8, 4) is 5.75 Å². The fraction of sp³-hybridized carbons (Fsp3) is 0.400. The average Bonchev–Trinajstić information content (AvgIpc) is 2.23. The lowest BCUT2D eigenvalue weighted by Gasteiger charge is -2.09. The molecule has 0 bridgehead atoms. The first-order chi connectivity index (χ1) is 7.92. The van der Waals surface area contributed by atoms with E-state index in [-0.39, 0.29) is 6.54 Å². The van der Waals surface area contributed by atoms with E-state index in [0.29, 0.717) is 16.3 Å². The number of rotatable bonds is 5. The minimum atomic E-state index is -4.34. The molecule has 0 atom stereocenters. The Bertz CT molecular complexity index is 371. The van der Waals surface area contributed by atoms with Gasteiger partial charge in [0, 0.05) is 6.54 Å². The largest absolute Gasteiger partial charge is 0.495 e. The predicted molar refractivity (Wildman–Crippen MR) is 56.9 cm³/mol. The van der Waals surface area contributed by atoms with Crippen molar-refractivity contribution in [1.29, 1.82) is 0 Å². The summed E-state index contributed by atoms with van der Waals surface area (Å²) in [6.45, 7) is -1.21. The van der Waals surface area contributed by atoms with Gasteiger partial charge in [0.15, 0.2) is 6.61 Å². The van der Waals surface area contributed by atoms with E-state index in [9.17, 15) is 13.2 Å². The van der Waals surface area contributed by atoms with Crippen molar-refractivity contribution in [2.75, 3.05) is 13.7 Å². The average molecular weight is 270 g/mol. The quantitative estimate of drug-likeness (QED) is 0.658. The van der Waals surface area contributed by atoms with Crippen molar-refractivity contribution in [3.63, 3.8) is 0 Å². The van der Waals surface area contributed by atoms with E-state index in [1.165, 1.54) is 7.11 Å². The molecular weight excluding hydrogens is 259 g/mol. The number of hydrogen-bond acceptors (Lipinski definition) is 3. The van der Waals surface area contributed by atoms with Crippen molar-refractivity contribution >= 4 is 11.6 Å². The van der Waals surface area contributed by atoms with Gasteiger partial charge >= 0.3 is 6.18 Å². The molecule has 0 aliphatic heterocycles. The second-order valence-electron chi connectivity index (χ2n) is 3.19. The maximum Gasteiger partial charge on any atom is 0.413 e. The van der Waals surface area contributed by atoms with Gasteiger partial charge in [-0.15, -0.1) is 0 Å². The van der Waals surface area contributed by atoms with Crippen molar-refractivity contribution in [1.82, 2.24) is 5.48 Å². The molecule has 1 aromatic rings. The molecule has 0 saturated heterocycles. The van der Waals surface area contributed by atoms with Crippen molar-refractivity contribution < 1.29 is 22.7 Å². The van der Waals surface area contributed by atoms with Crippen LogP contribution in [-0.4, -0.2) is 19.9 Å². The van der Waals surface area contributed by atoms with Crippen LogP contribution in [0.1, 0.15) is 5.56 Å². The summed E-state index contributed by atoms with van der Waals surface area (Å²) in [5.74, 6) is 0.506. The zero-order chi connectivity index (χ0) is 12.9. The maximum absolute atomic E-state index is 11.7. The van der Waals surface area contributed by atoms with Crippen LogP contribution in [0.5, 0.6) is 5.75 Å². The molecular formula is C10H11ClF3NO2. The first-order valence-electron chi connectivity index (χ1n) is 4.66. The Kier molecular flexibility index (Phi) is 5.04. The van der Waals surface area contributed by atoms with Gasteiger partial charge in [-0.1, -0.05) is 17.7 Å². The molecule has 0 heterocycles. The van der Waals surface area contributed by atoms with E-state index in [0.717, 1.165) is 0 Å². The third-order valence-electron chi connectivity index (χ3n) is 1.83. The van der Waals surface area contributed by atoms with E-state index < -0.39 is 12.8 Å². The molecule has 96 valence electrons. The normalized spacial score (nSPS) is 11.6. The van der Waals surface area contributed by atoms with Crippen LogP contribution in [-0.2, 0) is 11.4 Å². The molecule has 0 spiro atoms. The highest BCUT2D eigenvalue weighted by Gasteiger charge is 2.27. The second-order valence-corrected chi connectivity index (χ2v) is 3.60. The van der Waals surface area contributed by atoms with E-state index in [4.69, 9.17) is 16.3 Å². The fourth-order valence-electron chi connectivity index (χ4n) is 1.09. The molecule has 3 nitrogen and oxygen atoms in total. The lowest BCUT2D eigenvalue weighted by atomic mass is 10.2. The molecule has 7 heteroatoms. The smallest absolute Gasteiger partial charge is 0.413 e. The summed E-state index contributed by atoms with van der Waals surface area (Å²) in [5.41, 5.74) is 2.90. The van der Waals surface area contributed by atoms with Crippen LogP contribution >= 0.6 is 11.6 Å². The van der Waals surface area contributed by atoms with E-state index in [1.54, 1.807) is 18.2 Å². The highest BCUT2D eigenvalue weighted by molar-refractivity contribution is 6.32. The predicted octanol–water partition coefficient (Wildman–Crippen LogP) is 2.93. The molecule has 0 aliphatic carbocycles. The van der Waals surface area contributed by atoms with Crippen molar-refractivity contribution in [3.05, 3.63) is 28.8 Å². The topological polar surface area (TPSA) is 30.5 Å². The van der Waals surface area contributed by atoms with Crippen LogP contribution in [0.25, 0.3) is 0 Å². The summed E-state index contributed by atoms with van der Waals surface area (Å²) in [7, 11) is 1.48. The van der Waals surface area contributed by atoms with Gasteiger partial charge in [0.25, 0.3) is 0 Å². The van der Waals surface area contributed by atoms with Gasteiger partial charge in [-0.2, -0.15) is 18.7 Å². The Hall–Kier alpha value is -0.980. The van der Waals surface area contributed by atoms with E-state index >= 15 is 0 Å². The minimum absolute atomic E-state index is 0.125. The zero-order valence-electron chi connectivity index (χ0n) is 8.97. The van der Waals surface area contributed by atoms with Crippen LogP contribution in [0.4, 0.5) is 13.2 Å². The van der Waals surface area contributed by atoms with Gasteiger partial charge in [-0.05, 0) is 17.7 Å². The molecule has 1 N–H and O–H groups in total. The Balaban J connectivity index is 2.40. The molecule has 17 heavy (non-hydrogen) atoms. The lowest BCUT2D eigenvalue weighted by Crippen LogP contribution is -2.24. The number of methoxy groups -OCH3 is 1. The number of hydrogen-bond donors (Lipinski definition) is 1. The summed E-state index contributed by atoms with van der Waals surface area (Å²) < 4.78 is 40.2. The molecule has 0 saturated carbocycles. The van der Waals surface area contributed by atoms with Crippen LogP contribution in [0, 0.1) is 0 Å². The van der Waals surface area contributed by atoms with Crippen molar-refractivity contribution in [2.24, 2.45) is 0 Å². The van der Waals surface area contributed by atoms with Gasteiger partial charge in [0.1, 0.15) is 5.75 Å². The number of halogens is 4. The van der Waals surface area contributed by atoms with Crippen LogP contribution in [0.3, 0.4) is 0 Å². The van der Waals surface area contributed by atoms with Crippen LogP contribution < -0.4 is 10.2 Å². The van der Waals surface area contributed by atoms with Gasteiger partial charge in [-0.25, -0.2) is 0 Å². The molecule has 0 fully saturated rings. The lowest BCUT2D eigenvalue weighted by molar-refractivity contribution is -0.190. The summed E-state index contributed by atoms with van der Waals surface area (Å²) in [4.78, 5) is 4.25. The number of hydroxylamine groups is 1. The third kappa shape index (κ3) is 5.25. The summed E-state index contributed by atoms with van der Waals surface area (Å²) >= 11 is 5.84. The van der Waals surface area contributed by atoms with Gasteiger partial charge in [0.05, 0.1) is 12.1 Å². The molecule has 0 amide bonds. The first-order valence-corrected chi connectivity index (χ1v) is 5.04. The van der Waals surface area contributed by atoms with E-state index in [2.05, 4.69) is 10.3 Å². The first kappa shape index (κ1) is 14.1. The highest BCUT2D eigenvalue weighted by atomic mass is 35.5. The summed E-state index contributed by atoms with van der Waals surface area (Å²) in [6.07, 6.45) is -4.34. The second kappa shape index (κ2) is 6.09. The van der Waals surface area contributed by atoms with E-state index in [1.807, 2.05) is 0 Å². The standard InChI is InChI=1S/C10H11ClF3NO2/c1-16-9-3-2-7(4-8(9)11)5-15-17-6-10(12,13)14/h2-4,15H,5-6H2,1H3. The molecule has 0 aliphatic rings. The van der Waals surface area contributed by atoms with Crippen molar-refractivity contribution in [2.45, 2.75) is 12.7 Å². The molecule has 1 rings (SSSR count). The molecule has 0 radical (unpaired) electrons. The Labute approximate surface area is 101 Å². The number of alkyl halides is 3. The SMILES string of the molecule is COc1ccc(CNOCC(F)(F)F)cc1Cl. The number of nitrogens with one attached hydrogen (secondary N) is 1. The van der Waals surface area contributed by atoms with Gasteiger partial charge < -0.3 is 4.74 Å². The maximum atomic E-state index is 11.7. The minimum Gasteiger partial charge on any atom is -0.495 e. The number of benzene rings is 1. The Morgan fingerprint density at radius 3 is 2.59 bits per heavy atom. The monoisotopic (exact) mass is 269 g/mol. The molecule has 0 aromatic heterocycles. The molecule has 0 unspecified atom stereocenters.